The van der Waals surface area contributed by atoms with Gasteiger partial charge in [-0.25, -0.2) is 0 Å². The molecule has 0 heteroatoms. The van der Waals surface area contributed by atoms with Crippen LogP contribution in [0.4, 0.5) is 0 Å². The summed E-state index contributed by atoms with van der Waals surface area (Å²) in [4.78, 5) is 0. The van der Waals surface area contributed by atoms with E-state index < -0.39 is 0 Å². The molecule has 0 amide bonds. The molecule has 4 aliphatic rings. The average Bonchev–Trinajstić information content (AvgIpc) is 3.05. The van der Waals surface area contributed by atoms with Crippen molar-refractivity contribution < 1.29 is 0 Å². The number of fused-ring (bicyclic) bond motifs is 5. The van der Waals surface area contributed by atoms with Crippen LogP contribution in [0.5, 0.6) is 0 Å². The molecular formula is C30H50. The average molecular weight is 411 g/mol. The molecule has 0 radical (unpaired) electrons. The maximum absolute atomic E-state index is 4.01. The molecule has 4 unspecified atom stereocenters. The lowest BCUT2D eigenvalue weighted by molar-refractivity contribution is -0.0526. The zero-order valence-corrected chi connectivity index (χ0v) is 20.9. The Balaban J connectivity index is 1.47. The van der Waals surface area contributed by atoms with Gasteiger partial charge in [0, 0.05) is 0 Å². The van der Waals surface area contributed by atoms with E-state index in [1.807, 2.05) is 5.57 Å². The minimum Gasteiger partial charge on any atom is -0.103 e. The van der Waals surface area contributed by atoms with E-state index in [1.54, 1.807) is 0 Å². The summed E-state index contributed by atoms with van der Waals surface area (Å²) in [5.74, 6) is 6.58. The summed E-state index contributed by atoms with van der Waals surface area (Å²) >= 11 is 0. The Hall–Kier alpha value is -0.520. The van der Waals surface area contributed by atoms with E-state index in [2.05, 4.69) is 53.3 Å². The van der Waals surface area contributed by atoms with Gasteiger partial charge in [-0.2, -0.15) is 0 Å². The number of rotatable bonds is 7. The molecule has 0 nitrogen and oxygen atoms in total. The van der Waals surface area contributed by atoms with Gasteiger partial charge < -0.3 is 0 Å². The molecule has 0 aromatic rings. The van der Waals surface area contributed by atoms with Gasteiger partial charge in [0.2, 0.25) is 0 Å². The van der Waals surface area contributed by atoms with Gasteiger partial charge in [0.15, 0.2) is 0 Å². The van der Waals surface area contributed by atoms with E-state index in [0.717, 1.165) is 41.4 Å². The highest BCUT2D eigenvalue weighted by Crippen LogP contribution is 2.67. The van der Waals surface area contributed by atoms with E-state index in [4.69, 9.17) is 0 Å². The summed E-state index contributed by atoms with van der Waals surface area (Å²) in [6.07, 6.45) is 22.1. The largest absolute Gasteiger partial charge is 0.103 e. The summed E-state index contributed by atoms with van der Waals surface area (Å²) in [6.45, 7) is 16.8. The van der Waals surface area contributed by atoms with Gasteiger partial charge in [-0.15, -0.1) is 6.58 Å². The maximum atomic E-state index is 4.01. The van der Waals surface area contributed by atoms with E-state index in [-0.39, 0.29) is 0 Å². The molecule has 0 N–H and O–H groups in total. The van der Waals surface area contributed by atoms with Crippen LogP contribution >= 0.6 is 0 Å². The normalized spacial score (nSPS) is 44.1. The van der Waals surface area contributed by atoms with Gasteiger partial charge in [0.25, 0.3) is 0 Å². The first kappa shape index (κ1) is 22.7. The third kappa shape index (κ3) is 3.88. The molecule has 3 saturated carbocycles. The highest BCUT2D eigenvalue weighted by molar-refractivity contribution is 5.25. The molecular weight excluding hydrogens is 360 g/mol. The van der Waals surface area contributed by atoms with Crippen molar-refractivity contribution >= 4 is 0 Å². The van der Waals surface area contributed by atoms with Crippen LogP contribution in [-0.2, 0) is 0 Å². The van der Waals surface area contributed by atoms with E-state index in [1.165, 1.54) is 77.0 Å². The molecule has 0 spiro atoms. The van der Waals surface area contributed by atoms with Crippen LogP contribution in [0.25, 0.3) is 0 Å². The van der Waals surface area contributed by atoms with Crippen molar-refractivity contribution in [1.82, 2.24) is 0 Å². The second-order valence-corrected chi connectivity index (χ2v) is 12.9. The quantitative estimate of drug-likeness (QED) is 0.367. The van der Waals surface area contributed by atoms with Crippen molar-refractivity contribution in [3.05, 3.63) is 24.3 Å². The van der Waals surface area contributed by atoms with Crippen molar-refractivity contribution in [2.24, 2.45) is 52.3 Å². The second-order valence-electron chi connectivity index (χ2n) is 12.9. The van der Waals surface area contributed by atoms with Crippen LogP contribution in [0, 0.1) is 52.3 Å². The second kappa shape index (κ2) is 8.78. The number of allylic oxidation sites excluding steroid dienone is 3. The molecule has 8 atom stereocenters. The van der Waals surface area contributed by atoms with E-state index >= 15 is 0 Å². The highest BCUT2D eigenvalue weighted by atomic mass is 14.6. The molecule has 3 fully saturated rings. The molecule has 0 aliphatic heterocycles. The SMILES string of the molecule is C=CCC1CC[C@@]2(C)C(=CCC3C2CC[C@@]2(C)C3CC[C@@H]2[C@H](C)CCCC(C)C)C1. The fourth-order valence-electron chi connectivity index (χ4n) is 9.20. The van der Waals surface area contributed by atoms with Crippen molar-refractivity contribution in [2.75, 3.05) is 0 Å². The van der Waals surface area contributed by atoms with Crippen LogP contribution < -0.4 is 0 Å². The predicted molar refractivity (Wildman–Crippen MR) is 131 cm³/mol. The molecule has 0 aromatic carbocycles. The third-order valence-electron chi connectivity index (χ3n) is 10.9. The summed E-state index contributed by atoms with van der Waals surface area (Å²) in [5, 5.41) is 0. The minimum atomic E-state index is 0.517. The molecule has 30 heavy (non-hydrogen) atoms. The van der Waals surface area contributed by atoms with Crippen LogP contribution in [0.1, 0.15) is 112 Å². The standard InChI is InChI=1S/C30H50/c1-7-9-23-16-18-29(5)24(20-23)12-13-25-27-15-14-26(22(4)11-8-10-21(2)3)30(27,6)19-17-28(25)29/h7,12,21-23,25-28H,1,8-11,13-20H2,2-6H3/t22-,23?,25?,26-,27?,28?,29+,30-/m1/s1. The van der Waals surface area contributed by atoms with E-state index in [0.29, 0.717) is 10.8 Å². The lowest BCUT2D eigenvalue weighted by Gasteiger charge is -2.58. The maximum Gasteiger partial charge on any atom is -0.00851 e. The molecule has 0 heterocycles. The molecule has 0 saturated heterocycles. The Kier molecular flexibility index (Phi) is 6.64. The van der Waals surface area contributed by atoms with Crippen LogP contribution in [0.15, 0.2) is 24.3 Å². The highest BCUT2D eigenvalue weighted by Gasteiger charge is 2.58. The first-order valence-corrected chi connectivity index (χ1v) is 13.6. The fourth-order valence-corrected chi connectivity index (χ4v) is 9.20. The molecule has 4 aliphatic carbocycles. The summed E-state index contributed by atoms with van der Waals surface area (Å²) in [5.41, 5.74) is 2.99. The van der Waals surface area contributed by atoms with Crippen LogP contribution in [-0.4, -0.2) is 0 Å². The topological polar surface area (TPSA) is 0 Å². The lowest BCUT2D eigenvalue weighted by Crippen LogP contribution is -2.50. The van der Waals surface area contributed by atoms with Crippen LogP contribution in [0.3, 0.4) is 0 Å². The van der Waals surface area contributed by atoms with Crippen LogP contribution in [0.2, 0.25) is 0 Å². The number of hydrogen-bond acceptors (Lipinski definition) is 0. The first-order chi connectivity index (χ1) is 14.3. The molecule has 0 aromatic heterocycles. The van der Waals surface area contributed by atoms with Crippen molar-refractivity contribution in [2.45, 2.75) is 112 Å². The van der Waals surface area contributed by atoms with Gasteiger partial charge in [-0.05, 0) is 110 Å². The molecule has 0 bridgehead atoms. The van der Waals surface area contributed by atoms with Gasteiger partial charge in [0.05, 0.1) is 0 Å². The zero-order valence-electron chi connectivity index (χ0n) is 20.9. The zero-order chi connectivity index (χ0) is 21.5. The van der Waals surface area contributed by atoms with E-state index in [9.17, 15) is 0 Å². The Morgan fingerprint density at radius 1 is 1.03 bits per heavy atom. The fraction of sp³-hybridized carbons (Fsp3) is 0.867. The first-order valence-electron chi connectivity index (χ1n) is 13.6. The monoisotopic (exact) mass is 410 g/mol. The summed E-state index contributed by atoms with van der Waals surface area (Å²) in [6, 6.07) is 0. The summed E-state index contributed by atoms with van der Waals surface area (Å²) in [7, 11) is 0. The smallest absolute Gasteiger partial charge is 0.00851 e. The Labute approximate surface area is 188 Å². The van der Waals surface area contributed by atoms with Crippen molar-refractivity contribution in [3.63, 3.8) is 0 Å². The third-order valence-corrected chi connectivity index (χ3v) is 10.9. The predicted octanol–water partition coefficient (Wildman–Crippen LogP) is 9.22. The molecule has 170 valence electrons. The summed E-state index contributed by atoms with van der Waals surface area (Å²) < 4.78 is 0. The minimum absolute atomic E-state index is 0.517. The van der Waals surface area contributed by atoms with Gasteiger partial charge in [-0.3, -0.25) is 0 Å². The van der Waals surface area contributed by atoms with Crippen molar-refractivity contribution in [1.29, 1.82) is 0 Å². The van der Waals surface area contributed by atoms with Gasteiger partial charge in [0.1, 0.15) is 0 Å². The van der Waals surface area contributed by atoms with Crippen molar-refractivity contribution in [3.8, 4) is 0 Å². The van der Waals surface area contributed by atoms with Gasteiger partial charge in [-0.1, -0.05) is 71.6 Å². The Morgan fingerprint density at radius 2 is 1.83 bits per heavy atom. The Morgan fingerprint density at radius 3 is 2.57 bits per heavy atom. The van der Waals surface area contributed by atoms with Gasteiger partial charge >= 0.3 is 0 Å². The lowest BCUT2D eigenvalue weighted by atomic mass is 9.46. The molecule has 4 rings (SSSR count). The number of hydrogen-bond donors (Lipinski definition) is 0. The Bertz CT molecular complexity index is 640.